The Balaban J connectivity index is 1.96. The molecule has 2 aromatic rings. The predicted octanol–water partition coefficient (Wildman–Crippen LogP) is 2.70. The summed E-state index contributed by atoms with van der Waals surface area (Å²) in [7, 11) is 0. The Labute approximate surface area is 246 Å². The Kier molecular flexibility index (Phi) is 11.5. The summed E-state index contributed by atoms with van der Waals surface area (Å²) in [5.74, 6) is -3.78. The molecule has 43 heavy (non-hydrogen) atoms. The number of ether oxygens (including phenoxy) is 7. The van der Waals surface area contributed by atoms with E-state index in [2.05, 4.69) is 0 Å². The van der Waals surface area contributed by atoms with Crippen LogP contribution in [0.15, 0.2) is 39.6 Å². The minimum atomic E-state index is -1.50. The highest BCUT2D eigenvalue weighted by Gasteiger charge is 2.53. The van der Waals surface area contributed by atoms with Crippen molar-refractivity contribution in [2.24, 2.45) is 0 Å². The van der Waals surface area contributed by atoms with E-state index in [1.54, 1.807) is 0 Å². The largest absolute Gasteiger partial charge is 0.504 e. The fraction of sp³-hybridized carbons (Fsp3) is 0.483. The molecule has 14 nitrogen and oxygen atoms in total. The maximum Gasteiger partial charge on any atom is 0.383 e. The molecule has 1 N–H and O–H groups in total. The van der Waals surface area contributed by atoms with Gasteiger partial charge in [0.15, 0.2) is 18.0 Å². The van der Waals surface area contributed by atoms with Crippen LogP contribution in [0.2, 0.25) is 0 Å². The van der Waals surface area contributed by atoms with Gasteiger partial charge >= 0.3 is 29.5 Å². The van der Waals surface area contributed by atoms with Crippen LogP contribution in [0.3, 0.4) is 0 Å². The highest BCUT2D eigenvalue weighted by Crippen LogP contribution is 2.35. The van der Waals surface area contributed by atoms with Crippen molar-refractivity contribution in [3.63, 3.8) is 0 Å². The zero-order valence-corrected chi connectivity index (χ0v) is 24.4. The zero-order chi connectivity index (χ0) is 31.7. The van der Waals surface area contributed by atoms with E-state index in [0.29, 0.717) is 6.42 Å². The molecule has 2 heterocycles. The lowest BCUT2D eigenvalue weighted by Gasteiger charge is -2.43. The molecule has 0 unspecified atom stereocenters. The number of rotatable bonds is 12. The van der Waals surface area contributed by atoms with Crippen LogP contribution in [-0.4, -0.2) is 72.9 Å². The number of hydrogen-bond donors (Lipinski definition) is 1. The maximum atomic E-state index is 12.6. The molecule has 0 saturated carbocycles. The molecule has 3 rings (SSSR count). The number of allylic oxidation sites excluding steroid dienone is 1. The maximum absolute atomic E-state index is 12.6. The molecule has 1 saturated heterocycles. The molecule has 14 heteroatoms. The second kappa shape index (κ2) is 15.0. The number of fused-ring (bicyclic) bond motifs is 1. The summed E-state index contributed by atoms with van der Waals surface area (Å²) >= 11 is 0. The smallest absolute Gasteiger partial charge is 0.383 e. The van der Waals surface area contributed by atoms with Crippen LogP contribution in [0.25, 0.3) is 11.0 Å². The van der Waals surface area contributed by atoms with Gasteiger partial charge in [-0.2, -0.15) is 0 Å². The average molecular weight is 607 g/mol. The molecular formula is C29H34O14. The molecule has 1 aliphatic rings. The molecular weight excluding hydrogens is 572 g/mol. The number of carbonyl (C=O) groups is 4. The lowest BCUT2D eigenvalue weighted by atomic mass is 9.98. The Morgan fingerprint density at radius 2 is 1.56 bits per heavy atom. The van der Waals surface area contributed by atoms with Crippen molar-refractivity contribution in [3.8, 4) is 17.2 Å². The summed E-state index contributed by atoms with van der Waals surface area (Å²) in [6, 6.07) is 4.08. The van der Waals surface area contributed by atoms with Crippen LogP contribution in [0.1, 0.15) is 47.5 Å². The number of aromatic hydroxyl groups is 1. The molecule has 1 aliphatic heterocycles. The standard InChI is InChI=1S/C29H34O14/c1-6-7-8-9-12-36-25-23(34)20-11-10-19(13-21(20)42-28(25)35)41-29-27(40-18(5)33)26(39-17(4)32)24(38-16(3)31)22(43-29)14-37-15(2)30/h7-8,10-11,13,22,24,26-27,29,34H,6,9,12,14H2,1-5H3/b8-7+/t22-,24-,26+,27+,29+/m1/s1. The molecule has 0 bridgehead atoms. The first kappa shape index (κ1) is 32.9. The molecule has 1 aromatic carbocycles. The Bertz CT molecular complexity index is 1410. The van der Waals surface area contributed by atoms with Gasteiger partial charge in [-0.1, -0.05) is 19.1 Å². The first-order valence-corrected chi connectivity index (χ1v) is 13.5. The van der Waals surface area contributed by atoms with Crippen molar-refractivity contribution in [2.75, 3.05) is 13.2 Å². The fourth-order valence-electron chi connectivity index (χ4n) is 4.28. The van der Waals surface area contributed by atoms with Gasteiger partial charge in [0.05, 0.1) is 12.0 Å². The topological polar surface area (TPSA) is 183 Å². The van der Waals surface area contributed by atoms with Crippen LogP contribution in [0, 0.1) is 0 Å². The summed E-state index contributed by atoms with van der Waals surface area (Å²) < 4.78 is 43.8. The van der Waals surface area contributed by atoms with Gasteiger partial charge in [0, 0.05) is 33.8 Å². The van der Waals surface area contributed by atoms with Gasteiger partial charge in [-0.3, -0.25) is 19.2 Å². The number of carbonyl (C=O) groups excluding carboxylic acids is 4. The second-order valence-electron chi connectivity index (χ2n) is 9.43. The fourth-order valence-corrected chi connectivity index (χ4v) is 4.28. The van der Waals surface area contributed by atoms with Crippen LogP contribution >= 0.6 is 0 Å². The van der Waals surface area contributed by atoms with Crippen LogP contribution in [0.5, 0.6) is 17.2 Å². The highest BCUT2D eigenvalue weighted by molar-refractivity contribution is 5.86. The summed E-state index contributed by atoms with van der Waals surface area (Å²) in [5.41, 5.74) is -0.988. The highest BCUT2D eigenvalue weighted by atomic mass is 16.7. The summed E-state index contributed by atoms with van der Waals surface area (Å²) in [6.07, 6.45) is -1.77. The minimum Gasteiger partial charge on any atom is -0.504 e. The summed E-state index contributed by atoms with van der Waals surface area (Å²) in [4.78, 5) is 60.0. The van der Waals surface area contributed by atoms with Gasteiger partial charge in [0.25, 0.3) is 0 Å². The van der Waals surface area contributed by atoms with Crippen molar-refractivity contribution < 1.29 is 61.9 Å². The van der Waals surface area contributed by atoms with Crippen LogP contribution < -0.4 is 15.1 Å². The molecule has 234 valence electrons. The van der Waals surface area contributed by atoms with Gasteiger partial charge in [-0.05, 0) is 25.0 Å². The van der Waals surface area contributed by atoms with Crippen molar-refractivity contribution in [2.45, 2.75) is 78.2 Å². The van der Waals surface area contributed by atoms with E-state index < -0.39 is 72.6 Å². The monoisotopic (exact) mass is 606 g/mol. The van der Waals surface area contributed by atoms with E-state index in [1.165, 1.54) is 18.2 Å². The third-order valence-corrected chi connectivity index (χ3v) is 5.95. The van der Waals surface area contributed by atoms with Crippen LogP contribution in [0.4, 0.5) is 0 Å². The van der Waals surface area contributed by atoms with Gasteiger partial charge in [0.1, 0.15) is 24.0 Å². The SMILES string of the molecule is CC/C=C/CCOc1c(O)c2ccc(O[C@H]3O[C@H](COC(C)=O)[C@@H](OC(C)=O)[C@H](OC(C)=O)[C@@H]3OC(C)=O)cc2oc1=O. The first-order chi connectivity index (χ1) is 20.4. The molecule has 0 amide bonds. The molecule has 5 atom stereocenters. The number of esters is 4. The molecule has 1 aromatic heterocycles. The molecule has 0 spiro atoms. The van der Waals surface area contributed by atoms with Crippen molar-refractivity contribution in [3.05, 3.63) is 40.8 Å². The normalized spacial score (nSPS) is 21.7. The van der Waals surface area contributed by atoms with Gasteiger partial charge in [-0.25, -0.2) is 4.79 Å². The van der Waals surface area contributed by atoms with E-state index >= 15 is 0 Å². The third-order valence-electron chi connectivity index (χ3n) is 5.95. The van der Waals surface area contributed by atoms with Crippen LogP contribution in [-0.2, 0) is 42.9 Å². The van der Waals surface area contributed by atoms with E-state index in [9.17, 15) is 29.1 Å². The van der Waals surface area contributed by atoms with E-state index in [0.717, 1.165) is 34.1 Å². The summed E-state index contributed by atoms with van der Waals surface area (Å²) in [6.45, 7) is 6.14. The minimum absolute atomic E-state index is 0.0225. The number of hydrogen-bond acceptors (Lipinski definition) is 14. The molecule has 0 aliphatic carbocycles. The lowest BCUT2D eigenvalue weighted by Crippen LogP contribution is -2.63. The zero-order valence-electron chi connectivity index (χ0n) is 24.4. The van der Waals surface area contributed by atoms with Gasteiger partial charge in [0.2, 0.25) is 18.1 Å². The first-order valence-electron chi connectivity index (χ1n) is 13.5. The lowest BCUT2D eigenvalue weighted by molar-refractivity contribution is -0.288. The third kappa shape index (κ3) is 8.95. The molecule has 0 radical (unpaired) electrons. The molecule has 1 fully saturated rings. The van der Waals surface area contributed by atoms with E-state index in [1.807, 2.05) is 19.1 Å². The number of benzene rings is 1. The Morgan fingerprint density at radius 3 is 2.19 bits per heavy atom. The summed E-state index contributed by atoms with van der Waals surface area (Å²) in [5, 5.41) is 10.8. The average Bonchev–Trinajstić information content (AvgIpc) is 2.91. The second-order valence-corrected chi connectivity index (χ2v) is 9.43. The van der Waals surface area contributed by atoms with E-state index in [-0.39, 0.29) is 29.1 Å². The van der Waals surface area contributed by atoms with Gasteiger partial charge < -0.3 is 42.7 Å². The van der Waals surface area contributed by atoms with Crippen molar-refractivity contribution in [1.82, 2.24) is 0 Å². The van der Waals surface area contributed by atoms with Crippen molar-refractivity contribution in [1.29, 1.82) is 0 Å². The van der Waals surface area contributed by atoms with Crippen molar-refractivity contribution >= 4 is 34.8 Å². The van der Waals surface area contributed by atoms with E-state index in [4.69, 9.17) is 37.6 Å². The van der Waals surface area contributed by atoms with Gasteiger partial charge in [-0.15, -0.1) is 0 Å². The quantitative estimate of drug-likeness (QED) is 0.122. The Hall–Kier alpha value is -4.59. The Morgan fingerprint density at radius 1 is 0.907 bits per heavy atom. The predicted molar refractivity (Wildman–Crippen MR) is 146 cm³/mol.